The van der Waals surface area contributed by atoms with Gasteiger partial charge in [-0.2, -0.15) is 0 Å². The maximum Gasteiger partial charge on any atom is 0.291 e. The van der Waals surface area contributed by atoms with Gasteiger partial charge in [0.1, 0.15) is 5.76 Å². The van der Waals surface area contributed by atoms with E-state index in [0.717, 1.165) is 0 Å². The van der Waals surface area contributed by atoms with Crippen LogP contribution in [-0.2, 0) is 0 Å². The summed E-state index contributed by atoms with van der Waals surface area (Å²) in [5.41, 5.74) is 1.31. The predicted molar refractivity (Wildman–Crippen MR) is 91.6 cm³/mol. The average Bonchev–Trinajstić information content (AvgIpc) is 3.27. The molecule has 1 aromatic carbocycles. The van der Waals surface area contributed by atoms with Crippen LogP contribution in [0.1, 0.15) is 46.6 Å². The van der Waals surface area contributed by atoms with Crippen LogP contribution in [0.4, 0.5) is 11.4 Å². The highest BCUT2D eigenvalue weighted by atomic mass is 16.3. The highest BCUT2D eigenvalue weighted by molar-refractivity contribution is 6.05. The maximum absolute atomic E-state index is 12.4. The summed E-state index contributed by atoms with van der Waals surface area (Å²) in [5.74, 6) is 0.0413. The van der Waals surface area contributed by atoms with E-state index in [1.165, 1.54) is 12.7 Å². The highest BCUT2D eigenvalue weighted by Gasteiger charge is 2.19. The number of hydrogen-bond acceptors (Lipinski definition) is 5. The second-order valence-corrected chi connectivity index (χ2v) is 5.69. The number of amides is 2. The SMILES string of the molecule is CC(C)c1ocnc1C(=O)Nc1cccc(NC(=O)c2ccco2)c1. The topological polar surface area (TPSA) is 97.4 Å². The molecule has 2 N–H and O–H groups in total. The Balaban J connectivity index is 1.72. The first kappa shape index (κ1) is 16.5. The molecule has 2 amide bonds. The number of oxazole rings is 1. The summed E-state index contributed by atoms with van der Waals surface area (Å²) in [4.78, 5) is 28.4. The van der Waals surface area contributed by atoms with Gasteiger partial charge in [0.15, 0.2) is 17.8 Å². The molecule has 0 saturated heterocycles. The minimum absolute atomic E-state index is 0.0437. The van der Waals surface area contributed by atoms with E-state index < -0.39 is 0 Å². The second kappa shape index (κ2) is 7.04. The average molecular weight is 339 g/mol. The monoisotopic (exact) mass is 339 g/mol. The molecule has 0 aliphatic heterocycles. The van der Waals surface area contributed by atoms with Crippen molar-refractivity contribution in [2.45, 2.75) is 19.8 Å². The van der Waals surface area contributed by atoms with E-state index in [0.29, 0.717) is 17.1 Å². The smallest absolute Gasteiger partial charge is 0.291 e. The number of hydrogen-bond donors (Lipinski definition) is 2. The standard InChI is InChI=1S/C18H17N3O4/c1-11(2)16-15(19-10-25-16)18(23)21-13-6-3-5-12(9-13)20-17(22)14-7-4-8-24-14/h3-11H,1-2H3,(H,20,22)(H,21,23). The van der Waals surface area contributed by atoms with Crippen molar-refractivity contribution in [3.05, 3.63) is 66.3 Å². The van der Waals surface area contributed by atoms with E-state index in [1.54, 1.807) is 36.4 Å². The molecule has 0 aliphatic rings. The molecule has 128 valence electrons. The number of carbonyl (C=O) groups excluding carboxylic acids is 2. The van der Waals surface area contributed by atoms with Crippen molar-refractivity contribution in [3.8, 4) is 0 Å². The molecule has 0 radical (unpaired) electrons. The van der Waals surface area contributed by atoms with Gasteiger partial charge in [-0.1, -0.05) is 19.9 Å². The van der Waals surface area contributed by atoms with Gasteiger partial charge < -0.3 is 19.5 Å². The lowest BCUT2D eigenvalue weighted by Crippen LogP contribution is -2.15. The first-order valence-electron chi connectivity index (χ1n) is 7.74. The number of carbonyl (C=O) groups is 2. The Morgan fingerprint density at radius 3 is 2.36 bits per heavy atom. The fourth-order valence-electron chi connectivity index (χ4n) is 2.30. The molecule has 0 saturated carbocycles. The van der Waals surface area contributed by atoms with Crippen LogP contribution in [-0.4, -0.2) is 16.8 Å². The molecule has 0 spiro atoms. The van der Waals surface area contributed by atoms with Gasteiger partial charge >= 0.3 is 0 Å². The molecule has 0 fully saturated rings. The van der Waals surface area contributed by atoms with Crippen LogP contribution >= 0.6 is 0 Å². The third kappa shape index (κ3) is 3.77. The maximum atomic E-state index is 12.4. The molecule has 25 heavy (non-hydrogen) atoms. The molecule has 0 bridgehead atoms. The predicted octanol–water partition coefficient (Wildman–Crippen LogP) is 3.90. The van der Waals surface area contributed by atoms with Gasteiger partial charge in [0, 0.05) is 17.3 Å². The Morgan fingerprint density at radius 2 is 1.72 bits per heavy atom. The third-order valence-corrected chi connectivity index (χ3v) is 3.46. The lowest BCUT2D eigenvalue weighted by Gasteiger charge is -2.08. The van der Waals surface area contributed by atoms with E-state index in [4.69, 9.17) is 8.83 Å². The molecule has 7 heteroatoms. The number of nitrogens with zero attached hydrogens (tertiary/aromatic N) is 1. The van der Waals surface area contributed by atoms with E-state index in [9.17, 15) is 9.59 Å². The number of benzene rings is 1. The van der Waals surface area contributed by atoms with Crippen LogP contribution < -0.4 is 10.6 Å². The van der Waals surface area contributed by atoms with Gasteiger partial charge in [-0.3, -0.25) is 9.59 Å². The molecule has 0 aliphatic carbocycles. The van der Waals surface area contributed by atoms with Crippen molar-refractivity contribution in [2.75, 3.05) is 10.6 Å². The number of furan rings is 1. The highest BCUT2D eigenvalue weighted by Crippen LogP contribution is 2.21. The Labute approximate surface area is 144 Å². The number of rotatable bonds is 5. The van der Waals surface area contributed by atoms with Gasteiger partial charge in [-0.05, 0) is 30.3 Å². The van der Waals surface area contributed by atoms with E-state index >= 15 is 0 Å². The fourth-order valence-corrected chi connectivity index (χ4v) is 2.30. The molecule has 2 heterocycles. The van der Waals surface area contributed by atoms with Gasteiger partial charge in [-0.25, -0.2) is 4.98 Å². The molecule has 2 aromatic heterocycles. The largest absolute Gasteiger partial charge is 0.459 e. The zero-order chi connectivity index (χ0) is 17.8. The first-order valence-corrected chi connectivity index (χ1v) is 7.74. The van der Waals surface area contributed by atoms with Crippen molar-refractivity contribution in [1.29, 1.82) is 0 Å². The Hall–Kier alpha value is -3.35. The van der Waals surface area contributed by atoms with Crippen molar-refractivity contribution in [2.24, 2.45) is 0 Å². The molecular weight excluding hydrogens is 322 g/mol. The van der Waals surface area contributed by atoms with Crippen molar-refractivity contribution in [3.63, 3.8) is 0 Å². The molecular formula is C18H17N3O4. The molecule has 0 atom stereocenters. The third-order valence-electron chi connectivity index (χ3n) is 3.46. The quantitative estimate of drug-likeness (QED) is 0.735. The van der Waals surface area contributed by atoms with Crippen LogP contribution in [0.2, 0.25) is 0 Å². The molecule has 3 aromatic rings. The van der Waals surface area contributed by atoms with E-state index in [1.807, 2.05) is 13.8 Å². The van der Waals surface area contributed by atoms with Gasteiger partial charge in [0.05, 0.1) is 6.26 Å². The van der Waals surface area contributed by atoms with E-state index in [-0.39, 0.29) is 29.2 Å². The van der Waals surface area contributed by atoms with Gasteiger partial charge in [0.25, 0.3) is 11.8 Å². The summed E-state index contributed by atoms with van der Waals surface area (Å²) in [7, 11) is 0. The summed E-state index contributed by atoms with van der Waals surface area (Å²) >= 11 is 0. The van der Waals surface area contributed by atoms with Crippen molar-refractivity contribution < 1.29 is 18.4 Å². The zero-order valence-corrected chi connectivity index (χ0v) is 13.8. The normalized spacial score (nSPS) is 10.7. The van der Waals surface area contributed by atoms with Crippen LogP contribution in [0.5, 0.6) is 0 Å². The molecule has 0 unspecified atom stereocenters. The first-order chi connectivity index (χ1) is 12.0. The zero-order valence-electron chi connectivity index (χ0n) is 13.8. The number of nitrogens with one attached hydrogen (secondary N) is 2. The van der Waals surface area contributed by atoms with E-state index in [2.05, 4.69) is 15.6 Å². The van der Waals surface area contributed by atoms with Crippen molar-refractivity contribution >= 4 is 23.2 Å². The minimum Gasteiger partial charge on any atom is -0.459 e. The summed E-state index contributed by atoms with van der Waals surface area (Å²) in [6.07, 6.45) is 2.68. The Kier molecular flexibility index (Phi) is 4.65. The van der Waals surface area contributed by atoms with Gasteiger partial charge in [0.2, 0.25) is 0 Å². The Morgan fingerprint density at radius 1 is 1.00 bits per heavy atom. The van der Waals surface area contributed by atoms with Crippen molar-refractivity contribution in [1.82, 2.24) is 4.98 Å². The summed E-state index contributed by atoms with van der Waals surface area (Å²) < 4.78 is 10.3. The molecule has 3 rings (SSSR count). The summed E-state index contributed by atoms with van der Waals surface area (Å²) in [6.45, 7) is 3.84. The molecule has 7 nitrogen and oxygen atoms in total. The number of aromatic nitrogens is 1. The van der Waals surface area contributed by atoms with Crippen LogP contribution in [0.3, 0.4) is 0 Å². The van der Waals surface area contributed by atoms with Crippen LogP contribution in [0, 0.1) is 0 Å². The lowest BCUT2D eigenvalue weighted by molar-refractivity contribution is 0.0994. The second-order valence-electron chi connectivity index (χ2n) is 5.69. The van der Waals surface area contributed by atoms with Crippen LogP contribution in [0.15, 0.2) is 57.9 Å². The number of anilines is 2. The lowest BCUT2D eigenvalue weighted by atomic mass is 10.1. The van der Waals surface area contributed by atoms with Gasteiger partial charge in [-0.15, -0.1) is 0 Å². The fraction of sp³-hybridized carbons (Fsp3) is 0.167. The minimum atomic E-state index is -0.369. The Bertz CT molecular complexity index is 881. The summed E-state index contributed by atoms with van der Waals surface area (Å²) in [5, 5.41) is 5.46. The summed E-state index contributed by atoms with van der Waals surface area (Å²) in [6, 6.07) is 10.0. The van der Waals surface area contributed by atoms with Crippen LogP contribution in [0.25, 0.3) is 0 Å².